The maximum Gasteiger partial charge on any atom is 0.225 e. The summed E-state index contributed by atoms with van der Waals surface area (Å²) in [5.74, 6) is 0.345. The highest BCUT2D eigenvalue weighted by atomic mass is 16.2. The largest absolute Gasteiger partial charge is 0.352 e. The predicted octanol–water partition coefficient (Wildman–Crippen LogP) is 1.51. The Balaban J connectivity index is 2.54. The van der Waals surface area contributed by atoms with Crippen molar-refractivity contribution in [3.05, 3.63) is 0 Å². The molecule has 5 nitrogen and oxygen atoms in total. The standard InChI is InChI=1S/C16H31N3O2/c1-5-6-12(4)19-10-13(8-15(19)20)16(21)18-14(9-17)7-11(2)3/h11-14H,5-10,17H2,1-4H3,(H,18,21). The van der Waals surface area contributed by atoms with E-state index in [1.165, 1.54) is 0 Å². The number of nitrogens with one attached hydrogen (secondary N) is 1. The summed E-state index contributed by atoms with van der Waals surface area (Å²) >= 11 is 0. The van der Waals surface area contributed by atoms with Crippen molar-refractivity contribution in [1.29, 1.82) is 0 Å². The van der Waals surface area contributed by atoms with E-state index in [9.17, 15) is 9.59 Å². The quantitative estimate of drug-likeness (QED) is 0.713. The minimum atomic E-state index is -0.224. The van der Waals surface area contributed by atoms with Crippen molar-refractivity contribution < 1.29 is 9.59 Å². The van der Waals surface area contributed by atoms with Crippen LogP contribution in [0.5, 0.6) is 0 Å². The van der Waals surface area contributed by atoms with Gasteiger partial charge in [-0.05, 0) is 25.7 Å². The molecule has 0 aromatic carbocycles. The molecule has 21 heavy (non-hydrogen) atoms. The number of hydrogen-bond donors (Lipinski definition) is 2. The van der Waals surface area contributed by atoms with E-state index in [4.69, 9.17) is 5.73 Å². The molecule has 5 heteroatoms. The number of rotatable bonds is 8. The van der Waals surface area contributed by atoms with Gasteiger partial charge >= 0.3 is 0 Å². The molecule has 0 aliphatic carbocycles. The van der Waals surface area contributed by atoms with Gasteiger partial charge in [0.2, 0.25) is 11.8 Å². The molecule has 3 N–H and O–H groups in total. The fourth-order valence-electron chi connectivity index (χ4n) is 3.01. The number of carbonyl (C=O) groups is 2. The molecule has 1 aliphatic rings. The van der Waals surface area contributed by atoms with Crippen molar-refractivity contribution in [2.45, 2.75) is 65.5 Å². The van der Waals surface area contributed by atoms with Gasteiger partial charge in [0.1, 0.15) is 0 Å². The minimum absolute atomic E-state index is 0.00900. The first-order valence-corrected chi connectivity index (χ1v) is 8.18. The van der Waals surface area contributed by atoms with Gasteiger partial charge in [-0.1, -0.05) is 27.2 Å². The molecule has 1 fully saturated rings. The minimum Gasteiger partial charge on any atom is -0.352 e. The Hall–Kier alpha value is -1.10. The number of hydrogen-bond acceptors (Lipinski definition) is 3. The molecule has 0 saturated carbocycles. The third kappa shape index (κ3) is 5.30. The zero-order chi connectivity index (χ0) is 16.0. The number of likely N-dealkylation sites (tertiary alicyclic amines) is 1. The summed E-state index contributed by atoms with van der Waals surface area (Å²) in [5, 5.41) is 3.01. The third-order valence-electron chi connectivity index (χ3n) is 4.15. The monoisotopic (exact) mass is 297 g/mol. The fourth-order valence-corrected chi connectivity index (χ4v) is 3.01. The second-order valence-electron chi connectivity index (χ2n) is 6.66. The first kappa shape index (κ1) is 18.0. The second kappa shape index (κ2) is 8.37. The number of nitrogens with two attached hydrogens (primary N) is 1. The van der Waals surface area contributed by atoms with E-state index < -0.39 is 0 Å². The fraction of sp³-hybridized carbons (Fsp3) is 0.875. The highest BCUT2D eigenvalue weighted by Gasteiger charge is 2.36. The highest BCUT2D eigenvalue weighted by molar-refractivity contribution is 5.89. The molecule has 3 unspecified atom stereocenters. The molecule has 122 valence electrons. The normalized spacial score (nSPS) is 21.7. The summed E-state index contributed by atoms with van der Waals surface area (Å²) in [6, 6.07) is 0.232. The van der Waals surface area contributed by atoms with E-state index in [0.29, 0.717) is 25.4 Å². The van der Waals surface area contributed by atoms with E-state index in [1.54, 1.807) is 0 Å². The molecule has 1 rings (SSSR count). The van der Waals surface area contributed by atoms with Crippen LogP contribution in [0.3, 0.4) is 0 Å². The lowest BCUT2D eigenvalue weighted by atomic mass is 10.0. The smallest absolute Gasteiger partial charge is 0.225 e. The lowest BCUT2D eigenvalue weighted by Gasteiger charge is -2.25. The number of amides is 2. The van der Waals surface area contributed by atoms with Crippen LogP contribution in [-0.4, -0.2) is 41.9 Å². The van der Waals surface area contributed by atoms with Crippen molar-refractivity contribution in [2.75, 3.05) is 13.1 Å². The van der Waals surface area contributed by atoms with Crippen molar-refractivity contribution in [3.63, 3.8) is 0 Å². The Morgan fingerprint density at radius 1 is 1.43 bits per heavy atom. The van der Waals surface area contributed by atoms with Crippen LogP contribution in [0.1, 0.15) is 53.4 Å². The molecule has 0 bridgehead atoms. The molecular formula is C16H31N3O2. The highest BCUT2D eigenvalue weighted by Crippen LogP contribution is 2.22. The molecule has 0 spiro atoms. The van der Waals surface area contributed by atoms with Gasteiger partial charge < -0.3 is 16.0 Å². The molecule has 0 aromatic heterocycles. The second-order valence-corrected chi connectivity index (χ2v) is 6.66. The van der Waals surface area contributed by atoms with Gasteiger partial charge in [0, 0.05) is 31.6 Å². The van der Waals surface area contributed by atoms with Crippen LogP contribution < -0.4 is 11.1 Å². The maximum atomic E-state index is 12.3. The Labute approximate surface area is 128 Å². The van der Waals surface area contributed by atoms with Gasteiger partial charge in [0.25, 0.3) is 0 Å². The van der Waals surface area contributed by atoms with E-state index in [1.807, 2.05) is 4.90 Å². The van der Waals surface area contributed by atoms with Gasteiger partial charge in [-0.2, -0.15) is 0 Å². The summed E-state index contributed by atoms with van der Waals surface area (Å²) in [4.78, 5) is 26.2. The molecule has 1 saturated heterocycles. The van der Waals surface area contributed by atoms with Crippen molar-refractivity contribution >= 4 is 11.8 Å². The first-order valence-electron chi connectivity index (χ1n) is 8.18. The average molecular weight is 297 g/mol. The third-order valence-corrected chi connectivity index (χ3v) is 4.15. The molecule has 0 radical (unpaired) electrons. The molecule has 3 atom stereocenters. The molecule has 2 amide bonds. The van der Waals surface area contributed by atoms with Crippen LogP contribution in [0.2, 0.25) is 0 Å². The summed E-state index contributed by atoms with van der Waals surface area (Å²) in [6.07, 6.45) is 3.24. The topological polar surface area (TPSA) is 75.4 Å². The van der Waals surface area contributed by atoms with Crippen LogP contribution in [0.15, 0.2) is 0 Å². The Morgan fingerprint density at radius 2 is 2.10 bits per heavy atom. The van der Waals surface area contributed by atoms with Crippen molar-refractivity contribution in [2.24, 2.45) is 17.6 Å². The average Bonchev–Trinajstić information content (AvgIpc) is 2.80. The van der Waals surface area contributed by atoms with Crippen molar-refractivity contribution in [3.8, 4) is 0 Å². The Kier molecular flexibility index (Phi) is 7.15. The van der Waals surface area contributed by atoms with Gasteiger partial charge in [-0.3, -0.25) is 9.59 Å². The summed E-state index contributed by atoms with van der Waals surface area (Å²) < 4.78 is 0. The summed E-state index contributed by atoms with van der Waals surface area (Å²) in [5.41, 5.74) is 5.72. The Morgan fingerprint density at radius 3 is 2.62 bits per heavy atom. The van der Waals surface area contributed by atoms with Crippen LogP contribution in [0.25, 0.3) is 0 Å². The van der Waals surface area contributed by atoms with Gasteiger partial charge in [-0.15, -0.1) is 0 Å². The Bertz CT molecular complexity index is 357. The van der Waals surface area contributed by atoms with Crippen LogP contribution in [0, 0.1) is 11.8 Å². The SMILES string of the molecule is CCCC(C)N1CC(C(=O)NC(CN)CC(C)C)CC1=O. The first-order chi connectivity index (χ1) is 9.88. The van der Waals surface area contributed by atoms with Gasteiger partial charge in [0.15, 0.2) is 0 Å². The van der Waals surface area contributed by atoms with Crippen LogP contribution in [0.4, 0.5) is 0 Å². The molecule has 1 aliphatic heterocycles. The van der Waals surface area contributed by atoms with Crippen LogP contribution >= 0.6 is 0 Å². The maximum absolute atomic E-state index is 12.3. The van der Waals surface area contributed by atoms with Crippen LogP contribution in [-0.2, 0) is 9.59 Å². The molecule has 0 aromatic rings. The zero-order valence-corrected chi connectivity index (χ0v) is 13.9. The number of carbonyl (C=O) groups excluding carboxylic acids is 2. The van der Waals surface area contributed by atoms with E-state index in [2.05, 4.69) is 33.0 Å². The van der Waals surface area contributed by atoms with E-state index in [0.717, 1.165) is 19.3 Å². The van der Waals surface area contributed by atoms with Gasteiger partial charge in [-0.25, -0.2) is 0 Å². The molecular weight excluding hydrogens is 266 g/mol. The lowest BCUT2D eigenvalue weighted by Crippen LogP contribution is -2.44. The summed E-state index contributed by atoms with van der Waals surface area (Å²) in [6.45, 7) is 9.39. The summed E-state index contributed by atoms with van der Waals surface area (Å²) in [7, 11) is 0. The zero-order valence-electron chi connectivity index (χ0n) is 13.9. The lowest BCUT2D eigenvalue weighted by molar-refractivity contribution is -0.130. The number of nitrogens with zero attached hydrogens (tertiary/aromatic N) is 1. The molecule has 1 heterocycles. The van der Waals surface area contributed by atoms with Gasteiger partial charge in [0.05, 0.1) is 5.92 Å². The van der Waals surface area contributed by atoms with E-state index >= 15 is 0 Å². The van der Waals surface area contributed by atoms with Crippen molar-refractivity contribution in [1.82, 2.24) is 10.2 Å². The van der Waals surface area contributed by atoms with E-state index in [-0.39, 0.29) is 29.8 Å². The predicted molar refractivity (Wildman–Crippen MR) is 84.6 cm³/mol.